The van der Waals surface area contributed by atoms with Crippen LogP contribution in [-0.4, -0.2) is 9.13 Å². The summed E-state index contributed by atoms with van der Waals surface area (Å²) < 4.78 is 15.6. The first kappa shape index (κ1) is 37.3. The third-order valence-corrected chi connectivity index (χ3v) is 13.5. The summed E-state index contributed by atoms with van der Waals surface area (Å²) in [5, 5.41) is 0. The molecule has 0 unspecified atom stereocenters. The molecule has 0 bridgehead atoms. The molecule has 67 heavy (non-hydrogen) atoms. The summed E-state index contributed by atoms with van der Waals surface area (Å²) >= 11 is 0. The van der Waals surface area contributed by atoms with Crippen molar-refractivity contribution in [1.82, 2.24) is 9.13 Å². The molecular formula is C62H38N4O. The van der Waals surface area contributed by atoms with Crippen molar-refractivity contribution in [3.05, 3.63) is 243 Å². The molecule has 2 aliphatic rings. The summed E-state index contributed by atoms with van der Waals surface area (Å²) in [5.74, 6) is 1.44. The Morgan fingerprint density at radius 3 is 0.970 bits per heavy atom. The van der Waals surface area contributed by atoms with Crippen LogP contribution in [-0.2, 0) is 0 Å². The fourth-order valence-electron chi connectivity index (χ4n) is 10.6. The van der Waals surface area contributed by atoms with Crippen LogP contribution in [0.15, 0.2) is 231 Å². The lowest BCUT2D eigenvalue weighted by Crippen LogP contribution is -2.30. The maximum Gasteiger partial charge on any atom is 0.269 e. The Morgan fingerprint density at radius 2 is 0.582 bits per heavy atom. The SMILES string of the molecule is [c-]1n(-c2cccc(Oc3cccc(-n4[c-][n+]5c6c(cccc64)-c4ccccc4-c4ccccc4-c4ccccc4-5)c3)c2)c2cccc3c2[n+]1-c1ccccc1-c1ccccc1-c1ccccc1-3. The van der Waals surface area contributed by atoms with Crippen LogP contribution in [0.5, 0.6) is 11.5 Å². The fourth-order valence-corrected chi connectivity index (χ4v) is 10.6. The molecule has 0 atom stereocenters. The predicted octanol–water partition coefficient (Wildman–Crippen LogP) is 14.1. The molecule has 0 aliphatic carbocycles. The molecule has 2 aromatic heterocycles. The molecule has 0 saturated carbocycles. The molecule has 5 heteroatoms. The topological polar surface area (TPSA) is 26.8 Å². The van der Waals surface area contributed by atoms with Crippen LogP contribution in [0.4, 0.5) is 0 Å². The normalized spacial score (nSPS) is 11.9. The van der Waals surface area contributed by atoms with Gasteiger partial charge in [-0.05, 0) is 115 Å². The van der Waals surface area contributed by atoms with E-state index in [9.17, 15) is 0 Å². The second-order valence-corrected chi connectivity index (χ2v) is 17.2. The maximum absolute atomic E-state index is 6.79. The van der Waals surface area contributed by atoms with Crippen LogP contribution in [0.2, 0.25) is 0 Å². The van der Waals surface area contributed by atoms with Gasteiger partial charge in [-0.2, -0.15) is 0 Å². The molecule has 0 radical (unpaired) electrons. The second kappa shape index (κ2) is 14.7. The van der Waals surface area contributed by atoms with Gasteiger partial charge in [0.1, 0.15) is 11.5 Å². The molecule has 2 aliphatic heterocycles. The van der Waals surface area contributed by atoms with Crippen molar-refractivity contribution in [2.24, 2.45) is 0 Å². The molecular weight excluding hydrogens is 817 g/mol. The first-order valence-corrected chi connectivity index (χ1v) is 22.7. The van der Waals surface area contributed by atoms with E-state index in [1.54, 1.807) is 0 Å². The maximum atomic E-state index is 6.79. The molecule has 10 aromatic carbocycles. The number of hydrogen-bond donors (Lipinski definition) is 0. The van der Waals surface area contributed by atoms with Gasteiger partial charge >= 0.3 is 0 Å². The Bertz CT molecular complexity index is 3730. The van der Waals surface area contributed by atoms with Crippen LogP contribution < -0.4 is 13.9 Å². The molecule has 4 heterocycles. The van der Waals surface area contributed by atoms with Crippen LogP contribution >= 0.6 is 0 Å². The van der Waals surface area contributed by atoms with Gasteiger partial charge in [0, 0.05) is 0 Å². The van der Waals surface area contributed by atoms with Gasteiger partial charge in [0.25, 0.3) is 12.7 Å². The molecule has 0 fully saturated rings. The molecule has 0 amide bonds. The highest BCUT2D eigenvalue weighted by atomic mass is 16.5. The number of nitrogens with zero attached hydrogens (tertiary/aromatic N) is 4. The number of benzene rings is 10. The minimum absolute atomic E-state index is 0.721. The monoisotopic (exact) mass is 854 g/mol. The largest absolute Gasteiger partial charge is 0.458 e. The summed E-state index contributed by atoms with van der Waals surface area (Å²) in [7, 11) is 0. The Hall–Kier alpha value is -9.06. The van der Waals surface area contributed by atoms with Crippen molar-refractivity contribution < 1.29 is 13.9 Å². The van der Waals surface area contributed by atoms with Crippen LogP contribution in [0.3, 0.4) is 0 Å². The molecule has 0 spiro atoms. The van der Waals surface area contributed by atoms with Crippen molar-refractivity contribution in [3.8, 4) is 101 Å². The van der Waals surface area contributed by atoms with Gasteiger partial charge < -0.3 is 4.74 Å². The van der Waals surface area contributed by atoms with Gasteiger partial charge in [-0.3, -0.25) is 18.3 Å². The van der Waals surface area contributed by atoms with Crippen LogP contribution in [0.1, 0.15) is 0 Å². The molecule has 0 saturated heterocycles. The van der Waals surface area contributed by atoms with Crippen molar-refractivity contribution >= 4 is 22.1 Å². The molecule has 14 rings (SSSR count). The number of aromatic nitrogens is 4. The van der Waals surface area contributed by atoms with Gasteiger partial charge in [0.05, 0.1) is 44.8 Å². The average molecular weight is 855 g/mol. The first-order chi connectivity index (χ1) is 33.2. The summed E-state index contributed by atoms with van der Waals surface area (Å²) in [6.45, 7) is 0. The van der Waals surface area contributed by atoms with E-state index in [0.29, 0.717) is 0 Å². The highest BCUT2D eigenvalue weighted by Crippen LogP contribution is 2.45. The van der Waals surface area contributed by atoms with Crippen molar-refractivity contribution in [3.63, 3.8) is 0 Å². The van der Waals surface area contributed by atoms with Crippen molar-refractivity contribution in [1.29, 1.82) is 0 Å². The Balaban J connectivity index is 0.889. The van der Waals surface area contributed by atoms with E-state index in [1.165, 1.54) is 44.5 Å². The van der Waals surface area contributed by atoms with E-state index < -0.39 is 0 Å². The zero-order valence-electron chi connectivity index (χ0n) is 36.1. The number of imidazole rings is 2. The van der Waals surface area contributed by atoms with E-state index in [0.717, 1.165) is 78.6 Å². The van der Waals surface area contributed by atoms with Gasteiger partial charge in [-0.15, -0.1) is 0 Å². The van der Waals surface area contributed by atoms with Crippen LogP contribution in [0, 0.1) is 12.7 Å². The predicted molar refractivity (Wildman–Crippen MR) is 267 cm³/mol. The standard InChI is InChI=1S/C62H38N4O/c1-5-25-49-45(21-1)47-23-3-7-27-51(47)55-31-15-35-59-61(55)65(57-33-11-9-29-53(49)57)39-63(59)41-17-13-19-43(37-41)67-44-20-14-18-42(38-44)64-40-66-58-34-12-10-30-54(58)50-26-6-2-22-46(50)48-24-4-8-28-52(48)56-32-16-36-60(64)62(56)66/h1-38H. The molecule has 5 nitrogen and oxygen atoms in total. The highest BCUT2D eigenvalue weighted by molar-refractivity contribution is 6.02. The summed E-state index contributed by atoms with van der Waals surface area (Å²) in [6, 6.07) is 82.0. The van der Waals surface area contributed by atoms with E-state index in [4.69, 9.17) is 4.74 Å². The molecule has 312 valence electrons. The van der Waals surface area contributed by atoms with Crippen molar-refractivity contribution in [2.75, 3.05) is 0 Å². The average Bonchev–Trinajstić information content (AvgIpc) is 4.00. The Labute approximate surface area is 387 Å². The second-order valence-electron chi connectivity index (χ2n) is 17.2. The highest BCUT2D eigenvalue weighted by Gasteiger charge is 2.26. The van der Waals surface area contributed by atoms with Gasteiger partial charge in [-0.1, -0.05) is 182 Å². The number of para-hydroxylation sites is 4. The minimum Gasteiger partial charge on any atom is -0.458 e. The van der Waals surface area contributed by atoms with E-state index in [-0.39, 0.29) is 0 Å². The van der Waals surface area contributed by atoms with E-state index >= 15 is 0 Å². The summed E-state index contributed by atoms with van der Waals surface area (Å²) in [5.41, 5.74) is 22.5. The first-order valence-electron chi connectivity index (χ1n) is 22.7. The number of fused-ring (bicyclic) bond motifs is 14. The Kier molecular flexibility index (Phi) is 8.21. The zero-order valence-corrected chi connectivity index (χ0v) is 36.1. The smallest absolute Gasteiger partial charge is 0.269 e. The quantitative estimate of drug-likeness (QED) is 0.128. The number of ether oxygens (including phenoxy) is 1. The molecule has 0 N–H and O–H groups in total. The van der Waals surface area contributed by atoms with E-state index in [1.807, 2.05) is 12.1 Å². The lowest BCUT2D eigenvalue weighted by molar-refractivity contribution is -0.571. The van der Waals surface area contributed by atoms with E-state index in [2.05, 4.69) is 249 Å². The summed E-state index contributed by atoms with van der Waals surface area (Å²) in [6.07, 6.45) is 7.63. The lowest BCUT2D eigenvalue weighted by atomic mass is 9.89. The lowest BCUT2D eigenvalue weighted by Gasteiger charge is -2.15. The Morgan fingerprint density at radius 1 is 0.284 bits per heavy atom. The minimum atomic E-state index is 0.721. The van der Waals surface area contributed by atoms with Gasteiger partial charge in [-0.25, -0.2) is 0 Å². The fraction of sp³-hybridized carbons (Fsp3) is 0. The van der Waals surface area contributed by atoms with Gasteiger partial charge in [0.15, 0.2) is 0 Å². The third-order valence-electron chi connectivity index (χ3n) is 13.5. The molecule has 12 aromatic rings. The third kappa shape index (κ3) is 5.75. The van der Waals surface area contributed by atoms with Gasteiger partial charge in [0.2, 0.25) is 0 Å². The number of rotatable bonds is 4. The number of hydrogen-bond acceptors (Lipinski definition) is 1. The zero-order chi connectivity index (χ0) is 44.0. The summed E-state index contributed by atoms with van der Waals surface area (Å²) in [4.78, 5) is 0. The van der Waals surface area contributed by atoms with Crippen LogP contribution in [0.25, 0.3) is 112 Å². The van der Waals surface area contributed by atoms with Crippen molar-refractivity contribution in [2.45, 2.75) is 0 Å².